The Hall–Kier alpha value is -3.26. The van der Waals surface area contributed by atoms with Gasteiger partial charge in [0.25, 0.3) is 0 Å². The number of urea groups is 1. The van der Waals surface area contributed by atoms with Gasteiger partial charge in [0, 0.05) is 31.0 Å². The summed E-state index contributed by atoms with van der Waals surface area (Å²) in [5.41, 5.74) is 5.87. The number of nitriles is 1. The molecule has 2 aromatic carbocycles. The van der Waals surface area contributed by atoms with Crippen LogP contribution in [0.4, 0.5) is 10.5 Å². The summed E-state index contributed by atoms with van der Waals surface area (Å²) in [4.78, 5) is 14.4. The normalized spacial score (nSPS) is 14.1. The van der Waals surface area contributed by atoms with Gasteiger partial charge < -0.3 is 15.5 Å². The van der Waals surface area contributed by atoms with Gasteiger partial charge in [0.1, 0.15) is 0 Å². The highest BCUT2D eigenvalue weighted by atomic mass is 16.2. The van der Waals surface area contributed by atoms with E-state index in [-0.39, 0.29) is 6.03 Å². The summed E-state index contributed by atoms with van der Waals surface area (Å²) in [6.07, 6.45) is 3.02. The number of nitrogens with one attached hydrogen (secondary N) is 2. The number of hydrogen-bond donors (Lipinski definition) is 2. The predicted molar refractivity (Wildman–Crippen MR) is 122 cm³/mol. The molecular formula is C25H30N4O. The monoisotopic (exact) mass is 402 g/mol. The van der Waals surface area contributed by atoms with Crippen LogP contribution in [-0.4, -0.2) is 30.6 Å². The van der Waals surface area contributed by atoms with E-state index in [9.17, 15) is 4.79 Å². The van der Waals surface area contributed by atoms with Crippen molar-refractivity contribution in [3.8, 4) is 6.07 Å². The number of amides is 2. The van der Waals surface area contributed by atoms with E-state index < -0.39 is 0 Å². The predicted octanol–water partition coefficient (Wildman–Crippen LogP) is 5.25. The van der Waals surface area contributed by atoms with E-state index in [1.807, 2.05) is 38.1 Å². The summed E-state index contributed by atoms with van der Waals surface area (Å²) in [7, 11) is 0. The molecule has 5 nitrogen and oxygen atoms in total. The van der Waals surface area contributed by atoms with Gasteiger partial charge >= 0.3 is 6.03 Å². The minimum absolute atomic E-state index is 0.175. The maximum atomic E-state index is 12.0. The largest absolute Gasteiger partial charge is 0.371 e. The van der Waals surface area contributed by atoms with Gasteiger partial charge in [-0.2, -0.15) is 5.26 Å². The van der Waals surface area contributed by atoms with Gasteiger partial charge in [0.2, 0.25) is 0 Å². The molecular weight excluding hydrogens is 372 g/mol. The van der Waals surface area contributed by atoms with Crippen LogP contribution in [0.5, 0.6) is 0 Å². The SMILES string of the molecule is C=C(c1ccc(C)c(NC(=O)NCCC)c1)N1CCC(c2ccc(C#N)cc2)CC1. The lowest BCUT2D eigenvalue weighted by Crippen LogP contribution is -2.31. The molecule has 3 rings (SSSR count). The average molecular weight is 403 g/mol. The molecule has 0 spiro atoms. The first-order chi connectivity index (χ1) is 14.5. The number of aryl methyl sites for hydroxylation is 1. The fourth-order valence-electron chi connectivity index (χ4n) is 3.84. The van der Waals surface area contributed by atoms with Crippen LogP contribution in [0.2, 0.25) is 0 Å². The maximum Gasteiger partial charge on any atom is 0.319 e. The summed E-state index contributed by atoms with van der Waals surface area (Å²) in [5.74, 6) is 0.513. The summed E-state index contributed by atoms with van der Waals surface area (Å²) in [5, 5.41) is 14.8. The number of benzene rings is 2. The molecule has 2 aromatic rings. The van der Waals surface area contributed by atoms with Crippen LogP contribution in [0.15, 0.2) is 49.0 Å². The molecule has 156 valence electrons. The van der Waals surface area contributed by atoms with Crippen LogP contribution < -0.4 is 10.6 Å². The average Bonchev–Trinajstić information content (AvgIpc) is 2.79. The Balaban J connectivity index is 1.62. The quantitative estimate of drug-likeness (QED) is 0.693. The molecule has 5 heteroatoms. The zero-order valence-corrected chi connectivity index (χ0v) is 17.9. The van der Waals surface area contributed by atoms with E-state index in [2.05, 4.69) is 46.4 Å². The third-order valence-corrected chi connectivity index (χ3v) is 5.74. The van der Waals surface area contributed by atoms with Crippen molar-refractivity contribution in [1.82, 2.24) is 10.2 Å². The Morgan fingerprint density at radius 2 is 1.90 bits per heavy atom. The second-order valence-electron chi connectivity index (χ2n) is 7.85. The zero-order valence-electron chi connectivity index (χ0n) is 17.9. The third kappa shape index (κ3) is 5.21. The minimum atomic E-state index is -0.175. The lowest BCUT2D eigenvalue weighted by atomic mass is 9.88. The van der Waals surface area contributed by atoms with Gasteiger partial charge in [-0.3, -0.25) is 0 Å². The Bertz CT molecular complexity index is 935. The topological polar surface area (TPSA) is 68.2 Å². The molecule has 1 aliphatic heterocycles. The molecule has 2 N–H and O–H groups in total. The number of piperidine rings is 1. The van der Waals surface area contributed by atoms with Gasteiger partial charge in [-0.1, -0.05) is 37.8 Å². The molecule has 2 amide bonds. The van der Waals surface area contributed by atoms with Crippen LogP contribution in [0.25, 0.3) is 5.70 Å². The Kier molecular flexibility index (Phi) is 7.13. The first-order valence-corrected chi connectivity index (χ1v) is 10.6. The highest BCUT2D eigenvalue weighted by Gasteiger charge is 2.22. The van der Waals surface area contributed by atoms with Crippen molar-refractivity contribution in [3.05, 3.63) is 71.3 Å². The number of likely N-dealkylation sites (tertiary alicyclic amines) is 1. The molecule has 0 aromatic heterocycles. The number of hydrogen-bond acceptors (Lipinski definition) is 3. The number of rotatable bonds is 6. The summed E-state index contributed by atoms with van der Waals surface area (Å²) in [6.45, 7) is 10.9. The molecule has 1 aliphatic rings. The summed E-state index contributed by atoms with van der Waals surface area (Å²) in [6, 6.07) is 16.1. The number of nitrogens with zero attached hydrogens (tertiary/aromatic N) is 2. The highest BCUT2D eigenvalue weighted by molar-refractivity contribution is 5.90. The van der Waals surface area contributed by atoms with E-state index in [1.54, 1.807) is 0 Å². The number of anilines is 1. The molecule has 1 fully saturated rings. The van der Waals surface area contributed by atoms with Crippen LogP contribution >= 0.6 is 0 Å². The van der Waals surface area contributed by atoms with Crippen LogP contribution in [0.3, 0.4) is 0 Å². The second-order valence-corrected chi connectivity index (χ2v) is 7.85. The van der Waals surface area contributed by atoms with Crippen molar-refractivity contribution in [2.45, 2.75) is 39.0 Å². The van der Waals surface area contributed by atoms with Crippen LogP contribution in [0, 0.1) is 18.3 Å². The first kappa shape index (κ1) is 21.4. The number of carbonyl (C=O) groups is 1. The maximum absolute atomic E-state index is 12.0. The van der Waals surface area contributed by atoms with E-state index in [4.69, 9.17) is 5.26 Å². The Morgan fingerprint density at radius 3 is 2.53 bits per heavy atom. The van der Waals surface area contributed by atoms with Gasteiger partial charge in [0.05, 0.1) is 11.6 Å². The highest BCUT2D eigenvalue weighted by Crippen LogP contribution is 2.32. The van der Waals surface area contributed by atoms with Crippen molar-refractivity contribution in [3.63, 3.8) is 0 Å². The fourth-order valence-corrected chi connectivity index (χ4v) is 3.84. The number of carbonyl (C=O) groups excluding carboxylic acids is 1. The van der Waals surface area contributed by atoms with Crippen LogP contribution in [-0.2, 0) is 0 Å². The van der Waals surface area contributed by atoms with Crippen molar-refractivity contribution >= 4 is 17.4 Å². The molecule has 0 aliphatic carbocycles. The molecule has 0 radical (unpaired) electrons. The molecule has 0 bridgehead atoms. The molecule has 30 heavy (non-hydrogen) atoms. The van der Waals surface area contributed by atoms with Crippen molar-refractivity contribution < 1.29 is 4.79 Å². The molecule has 0 unspecified atom stereocenters. The fraction of sp³-hybridized carbons (Fsp3) is 0.360. The molecule has 0 saturated carbocycles. The third-order valence-electron chi connectivity index (χ3n) is 5.74. The smallest absolute Gasteiger partial charge is 0.319 e. The van der Waals surface area contributed by atoms with Crippen molar-refractivity contribution in [2.75, 3.05) is 25.0 Å². The minimum Gasteiger partial charge on any atom is -0.371 e. The van der Waals surface area contributed by atoms with Gasteiger partial charge in [0.15, 0.2) is 0 Å². The van der Waals surface area contributed by atoms with E-state index in [1.165, 1.54) is 5.56 Å². The van der Waals surface area contributed by atoms with Crippen molar-refractivity contribution in [1.29, 1.82) is 5.26 Å². The van der Waals surface area contributed by atoms with Gasteiger partial charge in [-0.25, -0.2) is 4.79 Å². The van der Waals surface area contributed by atoms with E-state index in [0.29, 0.717) is 18.0 Å². The molecule has 1 saturated heterocycles. The Labute approximate surface area is 179 Å². The zero-order chi connectivity index (χ0) is 21.5. The Morgan fingerprint density at radius 1 is 1.20 bits per heavy atom. The van der Waals surface area contributed by atoms with Gasteiger partial charge in [-0.15, -0.1) is 0 Å². The summed E-state index contributed by atoms with van der Waals surface area (Å²) < 4.78 is 0. The lowest BCUT2D eigenvalue weighted by Gasteiger charge is -2.35. The molecule has 1 heterocycles. The van der Waals surface area contributed by atoms with Crippen LogP contribution in [0.1, 0.15) is 54.4 Å². The first-order valence-electron chi connectivity index (χ1n) is 10.6. The molecule has 0 atom stereocenters. The second kappa shape index (κ2) is 9.98. The standard InChI is InChI=1S/C25H30N4O/c1-4-13-27-25(30)28-24-16-23(8-5-18(24)2)19(3)29-14-11-22(12-15-29)21-9-6-20(17-26)7-10-21/h5-10,16,22H,3-4,11-15H2,1-2H3,(H2,27,28,30). The van der Waals surface area contributed by atoms with E-state index >= 15 is 0 Å². The van der Waals surface area contributed by atoms with Crippen molar-refractivity contribution in [2.24, 2.45) is 0 Å². The summed E-state index contributed by atoms with van der Waals surface area (Å²) >= 11 is 0. The van der Waals surface area contributed by atoms with E-state index in [0.717, 1.165) is 54.9 Å². The van der Waals surface area contributed by atoms with Gasteiger partial charge in [-0.05, 0) is 67.0 Å². The lowest BCUT2D eigenvalue weighted by molar-refractivity contribution is 0.252.